The highest BCUT2D eigenvalue weighted by molar-refractivity contribution is 5.21. The smallest absolute Gasteiger partial charge is 0.237 e. The summed E-state index contributed by atoms with van der Waals surface area (Å²) in [5, 5.41) is 0. The molecule has 0 radical (unpaired) electrons. The van der Waals surface area contributed by atoms with E-state index in [4.69, 9.17) is 10.5 Å². The molecule has 0 fully saturated rings. The van der Waals surface area contributed by atoms with Gasteiger partial charge in [0.05, 0.1) is 24.3 Å². The van der Waals surface area contributed by atoms with Crippen molar-refractivity contribution in [2.24, 2.45) is 5.73 Å². The van der Waals surface area contributed by atoms with Crippen molar-refractivity contribution >= 4 is 0 Å². The number of nitrogens with two attached hydrogens (primary N) is 1. The molecule has 15 heavy (non-hydrogen) atoms. The fourth-order valence-corrected chi connectivity index (χ4v) is 1.03. The van der Waals surface area contributed by atoms with Gasteiger partial charge in [-0.25, -0.2) is 4.98 Å². The third kappa shape index (κ3) is 2.47. The van der Waals surface area contributed by atoms with Crippen LogP contribution in [0.15, 0.2) is 36.9 Å². The summed E-state index contributed by atoms with van der Waals surface area (Å²) in [7, 11) is 0. The van der Waals surface area contributed by atoms with E-state index in [0.717, 1.165) is 5.69 Å². The van der Waals surface area contributed by atoms with Crippen LogP contribution in [0.4, 0.5) is 0 Å². The van der Waals surface area contributed by atoms with Gasteiger partial charge in [-0.3, -0.25) is 9.97 Å². The molecule has 2 N–H and O–H groups in total. The number of ether oxygens (including phenoxy) is 1. The Bertz CT molecular complexity index is 415. The third-order valence-electron chi connectivity index (χ3n) is 1.75. The number of nitrogens with zero attached hydrogens (tertiary/aromatic N) is 3. The number of hydrogen-bond donors (Lipinski definition) is 1. The molecule has 0 saturated carbocycles. The molecule has 0 aliphatic carbocycles. The molecule has 0 atom stereocenters. The number of hydrogen-bond acceptors (Lipinski definition) is 5. The molecule has 2 heterocycles. The van der Waals surface area contributed by atoms with Crippen molar-refractivity contribution in [2.75, 3.05) is 0 Å². The highest BCUT2D eigenvalue weighted by Crippen LogP contribution is 2.15. The van der Waals surface area contributed by atoms with Crippen molar-refractivity contribution in [3.8, 4) is 11.6 Å². The van der Waals surface area contributed by atoms with Gasteiger partial charge in [0.15, 0.2) is 0 Å². The standard InChI is InChI=1S/C10H10N4O/c11-4-8-5-14-10(7-13-8)15-9-2-1-3-12-6-9/h1-3,5-7H,4,11H2. The van der Waals surface area contributed by atoms with Crippen LogP contribution >= 0.6 is 0 Å². The second-order valence-electron chi connectivity index (χ2n) is 2.84. The lowest BCUT2D eigenvalue weighted by Gasteiger charge is -2.03. The quantitative estimate of drug-likeness (QED) is 0.807. The Morgan fingerprint density at radius 3 is 2.73 bits per heavy atom. The lowest BCUT2D eigenvalue weighted by Crippen LogP contribution is -2.00. The van der Waals surface area contributed by atoms with Crippen molar-refractivity contribution < 1.29 is 4.74 Å². The summed E-state index contributed by atoms with van der Waals surface area (Å²) in [6.07, 6.45) is 6.41. The maximum absolute atomic E-state index is 5.40. The minimum absolute atomic E-state index is 0.375. The molecule has 76 valence electrons. The summed E-state index contributed by atoms with van der Waals surface area (Å²) in [5.74, 6) is 1.06. The SMILES string of the molecule is NCc1cnc(Oc2cccnc2)cn1. The predicted octanol–water partition coefficient (Wildman–Crippen LogP) is 1.12. The lowest BCUT2D eigenvalue weighted by atomic mass is 10.4. The van der Waals surface area contributed by atoms with Crippen LogP contribution in [-0.2, 0) is 6.54 Å². The first-order valence-electron chi connectivity index (χ1n) is 4.47. The van der Waals surface area contributed by atoms with Gasteiger partial charge < -0.3 is 10.5 Å². The van der Waals surface area contributed by atoms with E-state index in [1.807, 2.05) is 0 Å². The fraction of sp³-hybridized carbons (Fsp3) is 0.100. The van der Waals surface area contributed by atoms with Crippen LogP contribution in [0.3, 0.4) is 0 Å². The number of aromatic nitrogens is 3. The lowest BCUT2D eigenvalue weighted by molar-refractivity contribution is 0.457. The molecule has 0 saturated heterocycles. The van der Waals surface area contributed by atoms with E-state index in [2.05, 4.69) is 15.0 Å². The topological polar surface area (TPSA) is 73.9 Å². The molecule has 0 aromatic carbocycles. The van der Waals surface area contributed by atoms with Gasteiger partial charge in [-0.2, -0.15) is 0 Å². The van der Waals surface area contributed by atoms with Crippen molar-refractivity contribution in [1.29, 1.82) is 0 Å². The Hall–Kier alpha value is -2.01. The molecular weight excluding hydrogens is 192 g/mol. The van der Waals surface area contributed by atoms with E-state index in [1.54, 1.807) is 30.7 Å². The maximum atomic E-state index is 5.40. The van der Waals surface area contributed by atoms with Crippen LogP contribution in [0.5, 0.6) is 11.6 Å². The van der Waals surface area contributed by atoms with Crippen molar-refractivity contribution in [3.05, 3.63) is 42.6 Å². The zero-order valence-electron chi connectivity index (χ0n) is 8.00. The first-order chi connectivity index (χ1) is 7.38. The van der Waals surface area contributed by atoms with Gasteiger partial charge >= 0.3 is 0 Å². The Morgan fingerprint density at radius 2 is 2.13 bits per heavy atom. The summed E-state index contributed by atoms with van der Waals surface area (Å²) in [5.41, 5.74) is 6.13. The van der Waals surface area contributed by atoms with Gasteiger partial charge in [0.1, 0.15) is 5.75 Å². The average molecular weight is 202 g/mol. The molecule has 0 amide bonds. The fourth-order valence-electron chi connectivity index (χ4n) is 1.03. The summed E-state index contributed by atoms with van der Waals surface area (Å²) < 4.78 is 5.40. The van der Waals surface area contributed by atoms with E-state index in [-0.39, 0.29) is 0 Å². The molecule has 0 aliphatic rings. The van der Waals surface area contributed by atoms with Crippen molar-refractivity contribution in [3.63, 3.8) is 0 Å². The van der Waals surface area contributed by atoms with E-state index in [0.29, 0.717) is 18.2 Å². The summed E-state index contributed by atoms with van der Waals surface area (Å²) in [6, 6.07) is 3.59. The summed E-state index contributed by atoms with van der Waals surface area (Å²) >= 11 is 0. The average Bonchev–Trinajstić information content (AvgIpc) is 2.31. The van der Waals surface area contributed by atoms with Gasteiger partial charge in [0, 0.05) is 12.7 Å². The second kappa shape index (κ2) is 4.47. The Kier molecular flexibility index (Phi) is 2.85. The molecule has 5 heteroatoms. The van der Waals surface area contributed by atoms with E-state index in [9.17, 15) is 0 Å². The molecule has 2 aromatic heterocycles. The minimum Gasteiger partial charge on any atom is -0.436 e. The molecule has 0 unspecified atom stereocenters. The summed E-state index contributed by atoms with van der Waals surface area (Å²) in [6.45, 7) is 0.375. The highest BCUT2D eigenvalue weighted by atomic mass is 16.5. The number of rotatable bonds is 3. The van der Waals surface area contributed by atoms with Crippen LogP contribution in [0.25, 0.3) is 0 Å². The van der Waals surface area contributed by atoms with Gasteiger partial charge in [-0.1, -0.05) is 0 Å². The normalized spacial score (nSPS) is 9.93. The largest absolute Gasteiger partial charge is 0.436 e. The molecular formula is C10H10N4O. The molecule has 0 aliphatic heterocycles. The Balaban J connectivity index is 2.11. The van der Waals surface area contributed by atoms with Gasteiger partial charge in [-0.05, 0) is 12.1 Å². The second-order valence-corrected chi connectivity index (χ2v) is 2.84. The van der Waals surface area contributed by atoms with Crippen LogP contribution in [0, 0.1) is 0 Å². The molecule has 5 nitrogen and oxygen atoms in total. The molecule has 0 spiro atoms. The van der Waals surface area contributed by atoms with Crippen LogP contribution < -0.4 is 10.5 Å². The van der Waals surface area contributed by atoms with Crippen molar-refractivity contribution in [2.45, 2.75) is 6.54 Å². The van der Waals surface area contributed by atoms with E-state index < -0.39 is 0 Å². The monoisotopic (exact) mass is 202 g/mol. The van der Waals surface area contributed by atoms with Crippen molar-refractivity contribution in [1.82, 2.24) is 15.0 Å². The zero-order chi connectivity index (χ0) is 10.5. The molecule has 2 aromatic rings. The summed E-state index contributed by atoms with van der Waals surface area (Å²) in [4.78, 5) is 12.0. The first kappa shape index (κ1) is 9.54. The van der Waals surface area contributed by atoms with E-state index in [1.165, 1.54) is 6.20 Å². The Labute approximate surface area is 87.0 Å². The number of pyridine rings is 1. The zero-order valence-corrected chi connectivity index (χ0v) is 8.00. The molecule has 2 rings (SSSR count). The highest BCUT2D eigenvalue weighted by Gasteiger charge is 1.98. The minimum atomic E-state index is 0.375. The maximum Gasteiger partial charge on any atom is 0.237 e. The van der Waals surface area contributed by atoms with Gasteiger partial charge in [-0.15, -0.1) is 0 Å². The van der Waals surface area contributed by atoms with Gasteiger partial charge in [0.2, 0.25) is 5.88 Å². The Morgan fingerprint density at radius 1 is 1.20 bits per heavy atom. The van der Waals surface area contributed by atoms with Gasteiger partial charge in [0.25, 0.3) is 0 Å². The third-order valence-corrected chi connectivity index (χ3v) is 1.75. The predicted molar refractivity (Wildman–Crippen MR) is 54.2 cm³/mol. The van der Waals surface area contributed by atoms with E-state index >= 15 is 0 Å². The molecule has 0 bridgehead atoms. The van der Waals surface area contributed by atoms with Crippen LogP contribution in [0.1, 0.15) is 5.69 Å². The first-order valence-corrected chi connectivity index (χ1v) is 4.47. The van der Waals surface area contributed by atoms with Crippen LogP contribution in [-0.4, -0.2) is 15.0 Å². The van der Waals surface area contributed by atoms with Crippen LogP contribution in [0.2, 0.25) is 0 Å².